The lowest BCUT2D eigenvalue weighted by molar-refractivity contribution is -0.126. The van der Waals surface area contributed by atoms with E-state index in [1.165, 1.54) is 13.2 Å². The molecular formula is C31H34FN9O3. The van der Waals surface area contributed by atoms with Gasteiger partial charge in [0, 0.05) is 69.2 Å². The van der Waals surface area contributed by atoms with Crippen LogP contribution in [0.15, 0.2) is 48.8 Å². The SMILES string of the molecule is COc1c(F)cccc1Nc1c(-c2ccnc3cnc(N4CCN(C(=O)/C=C/CN(C)C)CC4)nc23)[nH]c2c1C(=O)NCC2. The zero-order chi connectivity index (χ0) is 30.8. The van der Waals surface area contributed by atoms with Crippen LogP contribution in [0.25, 0.3) is 22.3 Å². The first-order valence-electron chi connectivity index (χ1n) is 14.4. The van der Waals surface area contributed by atoms with E-state index >= 15 is 0 Å². The number of para-hydroxylation sites is 1. The van der Waals surface area contributed by atoms with E-state index in [9.17, 15) is 14.0 Å². The third-order valence-corrected chi connectivity index (χ3v) is 7.74. The summed E-state index contributed by atoms with van der Waals surface area (Å²) in [5, 5.41) is 6.17. The van der Waals surface area contributed by atoms with Gasteiger partial charge in [0.05, 0.1) is 35.9 Å². The van der Waals surface area contributed by atoms with Crippen LogP contribution in [-0.4, -0.2) is 102 Å². The molecule has 2 aliphatic heterocycles. The average molecular weight is 600 g/mol. The number of ether oxygens (including phenoxy) is 1. The second-order valence-electron chi connectivity index (χ2n) is 10.9. The molecule has 0 radical (unpaired) electrons. The number of likely N-dealkylation sites (N-methyl/N-ethyl adjacent to an activating group) is 1. The van der Waals surface area contributed by atoms with Gasteiger partial charge in [-0.25, -0.2) is 14.4 Å². The third kappa shape index (κ3) is 5.65. The Bertz CT molecular complexity index is 1740. The molecule has 6 rings (SSSR count). The lowest BCUT2D eigenvalue weighted by Crippen LogP contribution is -2.48. The molecule has 12 nitrogen and oxygen atoms in total. The van der Waals surface area contributed by atoms with Crippen LogP contribution in [0.4, 0.5) is 21.7 Å². The Morgan fingerprint density at radius 3 is 2.77 bits per heavy atom. The molecule has 5 heterocycles. The number of anilines is 3. The number of carbonyl (C=O) groups excluding carboxylic acids is 2. The second-order valence-corrected chi connectivity index (χ2v) is 10.9. The number of aromatic nitrogens is 4. The summed E-state index contributed by atoms with van der Waals surface area (Å²) in [7, 11) is 5.31. The molecule has 44 heavy (non-hydrogen) atoms. The van der Waals surface area contributed by atoms with Crippen molar-refractivity contribution in [3.8, 4) is 17.0 Å². The Balaban J connectivity index is 1.34. The maximum atomic E-state index is 14.6. The fraction of sp³-hybridized carbons (Fsp3) is 0.323. The number of methoxy groups -OCH3 is 1. The number of aromatic amines is 1. The molecule has 3 aromatic heterocycles. The van der Waals surface area contributed by atoms with Gasteiger partial charge in [0.2, 0.25) is 11.9 Å². The van der Waals surface area contributed by atoms with Gasteiger partial charge in [0.1, 0.15) is 11.0 Å². The number of hydrogen-bond donors (Lipinski definition) is 3. The normalized spacial score (nSPS) is 15.2. The van der Waals surface area contributed by atoms with Crippen molar-refractivity contribution >= 4 is 40.2 Å². The van der Waals surface area contributed by atoms with E-state index in [1.807, 2.05) is 40.9 Å². The Morgan fingerprint density at radius 2 is 2.00 bits per heavy atom. The van der Waals surface area contributed by atoms with Crippen molar-refractivity contribution in [1.82, 2.24) is 35.1 Å². The van der Waals surface area contributed by atoms with E-state index in [1.54, 1.807) is 30.6 Å². The minimum atomic E-state index is -0.522. The minimum Gasteiger partial charge on any atom is -0.492 e. The number of amides is 2. The van der Waals surface area contributed by atoms with Gasteiger partial charge in [0.25, 0.3) is 5.91 Å². The predicted molar refractivity (Wildman–Crippen MR) is 166 cm³/mol. The molecule has 1 aromatic carbocycles. The van der Waals surface area contributed by atoms with Gasteiger partial charge in [-0.05, 0) is 32.3 Å². The predicted octanol–water partition coefficient (Wildman–Crippen LogP) is 2.96. The number of benzene rings is 1. The monoisotopic (exact) mass is 599 g/mol. The van der Waals surface area contributed by atoms with Crippen molar-refractivity contribution in [3.05, 3.63) is 65.9 Å². The zero-order valence-corrected chi connectivity index (χ0v) is 24.9. The molecule has 0 aliphatic carbocycles. The fourth-order valence-corrected chi connectivity index (χ4v) is 5.54. The summed E-state index contributed by atoms with van der Waals surface area (Å²) in [6, 6.07) is 6.42. The standard InChI is InChI=1S/C31H34FN9O3/c1-39(2)13-5-8-24(42)40-14-16-41(17-15-40)31-35-18-23-26(38-31)19(9-11-33-23)27-28(25-21(36-27)10-12-34-30(25)43)37-22-7-4-6-20(32)29(22)44-3/h4-9,11,18,36-37H,10,12-17H2,1-3H3,(H,34,43)/b8-5+. The number of nitrogens with one attached hydrogen (secondary N) is 3. The van der Waals surface area contributed by atoms with Crippen molar-refractivity contribution in [3.63, 3.8) is 0 Å². The Morgan fingerprint density at radius 1 is 1.18 bits per heavy atom. The third-order valence-electron chi connectivity index (χ3n) is 7.74. The van der Waals surface area contributed by atoms with Crippen molar-refractivity contribution in [2.45, 2.75) is 6.42 Å². The first-order valence-corrected chi connectivity index (χ1v) is 14.4. The lowest BCUT2D eigenvalue weighted by atomic mass is 10.0. The van der Waals surface area contributed by atoms with E-state index in [2.05, 4.69) is 25.6 Å². The number of fused-ring (bicyclic) bond motifs is 2. The summed E-state index contributed by atoms with van der Waals surface area (Å²) >= 11 is 0. The highest BCUT2D eigenvalue weighted by Crippen LogP contribution is 2.41. The van der Waals surface area contributed by atoms with Crippen molar-refractivity contribution in [2.75, 3.05) is 70.7 Å². The summed E-state index contributed by atoms with van der Waals surface area (Å²) in [6.07, 6.45) is 7.45. The number of pyridine rings is 1. The molecule has 3 N–H and O–H groups in total. The number of carbonyl (C=O) groups is 2. The van der Waals surface area contributed by atoms with Crippen LogP contribution in [0.2, 0.25) is 0 Å². The summed E-state index contributed by atoms with van der Waals surface area (Å²) in [6.45, 7) is 3.46. The van der Waals surface area contributed by atoms with Crippen LogP contribution in [0.5, 0.6) is 5.75 Å². The average Bonchev–Trinajstić information content (AvgIpc) is 3.39. The molecule has 1 saturated heterocycles. The fourth-order valence-electron chi connectivity index (χ4n) is 5.54. The molecule has 0 unspecified atom stereocenters. The van der Waals surface area contributed by atoms with Crippen molar-refractivity contribution < 1.29 is 18.7 Å². The van der Waals surface area contributed by atoms with E-state index in [0.717, 1.165) is 5.69 Å². The van der Waals surface area contributed by atoms with Crippen molar-refractivity contribution in [2.24, 2.45) is 0 Å². The number of halogens is 1. The smallest absolute Gasteiger partial charge is 0.255 e. The molecule has 0 atom stereocenters. The van der Waals surface area contributed by atoms with Crippen LogP contribution < -0.4 is 20.3 Å². The van der Waals surface area contributed by atoms with E-state index < -0.39 is 5.82 Å². The van der Waals surface area contributed by atoms with Crippen LogP contribution >= 0.6 is 0 Å². The summed E-state index contributed by atoms with van der Waals surface area (Å²) in [4.78, 5) is 49.0. The quantitative estimate of drug-likeness (QED) is 0.262. The summed E-state index contributed by atoms with van der Waals surface area (Å²) < 4.78 is 19.9. The molecule has 228 valence electrons. The van der Waals surface area contributed by atoms with E-state index in [-0.39, 0.29) is 17.6 Å². The van der Waals surface area contributed by atoms with E-state index in [0.29, 0.717) is 90.9 Å². The molecule has 0 saturated carbocycles. The first-order chi connectivity index (χ1) is 21.3. The van der Waals surface area contributed by atoms with Crippen LogP contribution in [-0.2, 0) is 11.2 Å². The highest BCUT2D eigenvalue weighted by Gasteiger charge is 2.29. The van der Waals surface area contributed by atoms with Gasteiger partial charge in [0.15, 0.2) is 11.6 Å². The number of piperazine rings is 1. The van der Waals surface area contributed by atoms with Gasteiger partial charge >= 0.3 is 0 Å². The zero-order valence-electron chi connectivity index (χ0n) is 24.9. The summed E-state index contributed by atoms with van der Waals surface area (Å²) in [5.41, 5.74) is 4.59. The summed E-state index contributed by atoms with van der Waals surface area (Å²) in [5.74, 6) is -0.195. The molecule has 1 fully saturated rings. The second kappa shape index (κ2) is 12.3. The number of H-pyrrole nitrogens is 1. The van der Waals surface area contributed by atoms with Crippen LogP contribution in [0.1, 0.15) is 16.1 Å². The largest absolute Gasteiger partial charge is 0.492 e. The molecule has 13 heteroatoms. The van der Waals surface area contributed by atoms with Gasteiger partial charge in [-0.2, -0.15) is 0 Å². The van der Waals surface area contributed by atoms with Gasteiger partial charge < -0.3 is 35.1 Å². The molecule has 2 amide bonds. The molecule has 0 spiro atoms. The number of nitrogens with zero attached hydrogens (tertiary/aromatic N) is 6. The topological polar surface area (TPSA) is 132 Å². The Kier molecular flexibility index (Phi) is 8.11. The Hall–Kier alpha value is -5.04. The molecule has 2 aliphatic rings. The van der Waals surface area contributed by atoms with Crippen LogP contribution in [0, 0.1) is 5.82 Å². The van der Waals surface area contributed by atoms with Gasteiger partial charge in [-0.3, -0.25) is 14.6 Å². The maximum absolute atomic E-state index is 14.6. The molecule has 4 aromatic rings. The van der Waals surface area contributed by atoms with Gasteiger partial charge in [-0.15, -0.1) is 0 Å². The molecular weight excluding hydrogens is 565 g/mol. The lowest BCUT2D eigenvalue weighted by Gasteiger charge is -2.34. The van der Waals surface area contributed by atoms with Crippen molar-refractivity contribution in [1.29, 1.82) is 0 Å². The minimum absolute atomic E-state index is 0.00729. The first kappa shape index (κ1) is 29.1. The highest BCUT2D eigenvalue weighted by molar-refractivity contribution is 6.08. The van der Waals surface area contributed by atoms with Crippen LogP contribution in [0.3, 0.4) is 0 Å². The maximum Gasteiger partial charge on any atom is 0.255 e. The van der Waals surface area contributed by atoms with E-state index in [4.69, 9.17) is 9.72 Å². The molecule has 0 bridgehead atoms. The number of hydrogen-bond acceptors (Lipinski definition) is 9. The van der Waals surface area contributed by atoms with Gasteiger partial charge in [-0.1, -0.05) is 12.1 Å². The highest BCUT2D eigenvalue weighted by atomic mass is 19.1. The number of rotatable bonds is 8. The Labute approximate surface area is 253 Å².